The molecule has 0 aliphatic carbocycles. The Hall–Kier alpha value is -2.27. The van der Waals surface area contributed by atoms with Crippen molar-refractivity contribution in [1.82, 2.24) is 14.9 Å². The summed E-state index contributed by atoms with van der Waals surface area (Å²) in [6.07, 6.45) is 7.48. The molecule has 0 saturated carbocycles. The van der Waals surface area contributed by atoms with Crippen molar-refractivity contribution < 1.29 is 9.90 Å². The van der Waals surface area contributed by atoms with Gasteiger partial charge in [0.2, 0.25) is 0 Å². The highest BCUT2D eigenvalue weighted by Crippen LogP contribution is 2.31. The third-order valence-electron chi connectivity index (χ3n) is 3.87. The molecule has 1 aliphatic rings. The van der Waals surface area contributed by atoms with Gasteiger partial charge in [0, 0.05) is 25.1 Å². The minimum absolute atomic E-state index is 0.304. The maximum atomic E-state index is 10.9. The van der Waals surface area contributed by atoms with Gasteiger partial charge < -0.3 is 5.11 Å². The molecule has 108 valence electrons. The molecule has 1 aromatic carbocycles. The lowest BCUT2D eigenvalue weighted by atomic mass is 10.1. The molecule has 0 unspecified atom stereocenters. The van der Waals surface area contributed by atoms with Crippen LogP contribution in [0.3, 0.4) is 0 Å². The summed E-state index contributed by atoms with van der Waals surface area (Å²) < 4.78 is 0. The number of carboxylic acid groups (broad SMARTS) is 1. The first-order valence-electron chi connectivity index (χ1n) is 7.06. The minimum Gasteiger partial charge on any atom is -0.478 e. The summed E-state index contributed by atoms with van der Waals surface area (Å²) in [6.45, 7) is 1.84. The van der Waals surface area contributed by atoms with Crippen LogP contribution in [0.25, 0.3) is 0 Å². The third-order valence-corrected chi connectivity index (χ3v) is 3.87. The fourth-order valence-electron chi connectivity index (χ4n) is 2.82. The minimum atomic E-state index is -0.889. The SMILES string of the molecule is O=C(O)c1ccc(CN2CCC[C@H]2c2cnccn2)cc1. The molecule has 2 aromatic rings. The van der Waals surface area contributed by atoms with Gasteiger partial charge in [-0.25, -0.2) is 4.79 Å². The number of aromatic carboxylic acids is 1. The zero-order valence-electron chi connectivity index (χ0n) is 11.6. The van der Waals surface area contributed by atoms with E-state index in [1.807, 2.05) is 18.3 Å². The van der Waals surface area contributed by atoms with E-state index in [0.717, 1.165) is 37.2 Å². The molecule has 1 aromatic heterocycles. The second-order valence-corrected chi connectivity index (χ2v) is 5.26. The molecule has 1 saturated heterocycles. The van der Waals surface area contributed by atoms with Gasteiger partial charge in [-0.3, -0.25) is 14.9 Å². The second-order valence-electron chi connectivity index (χ2n) is 5.26. The number of likely N-dealkylation sites (tertiary alicyclic amines) is 1. The van der Waals surface area contributed by atoms with E-state index >= 15 is 0 Å². The van der Waals surface area contributed by atoms with Crippen molar-refractivity contribution in [3.8, 4) is 0 Å². The Balaban J connectivity index is 1.73. The quantitative estimate of drug-likeness (QED) is 0.934. The molecule has 0 spiro atoms. The van der Waals surface area contributed by atoms with E-state index in [1.54, 1.807) is 24.5 Å². The predicted molar refractivity (Wildman–Crippen MR) is 77.8 cm³/mol. The zero-order valence-corrected chi connectivity index (χ0v) is 11.6. The monoisotopic (exact) mass is 283 g/mol. The summed E-state index contributed by atoms with van der Waals surface area (Å²) >= 11 is 0. The van der Waals surface area contributed by atoms with E-state index in [9.17, 15) is 4.79 Å². The smallest absolute Gasteiger partial charge is 0.335 e. The molecular formula is C16H17N3O2. The van der Waals surface area contributed by atoms with Crippen molar-refractivity contribution in [2.45, 2.75) is 25.4 Å². The van der Waals surface area contributed by atoms with E-state index in [2.05, 4.69) is 14.9 Å². The fourth-order valence-corrected chi connectivity index (χ4v) is 2.82. The topological polar surface area (TPSA) is 66.3 Å². The summed E-state index contributed by atoms with van der Waals surface area (Å²) in [5, 5.41) is 8.93. The number of aromatic nitrogens is 2. The van der Waals surface area contributed by atoms with Crippen LogP contribution in [-0.2, 0) is 6.54 Å². The molecule has 1 aliphatic heterocycles. The molecule has 2 heterocycles. The average Bonchev–Trinajstić information content (AvgIpc) is 2.97. The standard InChI is InChI=1S/C16H17N3O2/c20-16(21)13-5-3-12(4-6-13)11-19-9-1-2-15(19)14-10-17-7-8-18-14/h3-8,10,15H,1-2,9,11H2,(H,20,21)/t15-/m0/s1. The van der Waals surface area contributed by atoms with Gasteiger partial charge in [-0.1, -0.05) is 12.1 Å². The van der Waals surface area contributed by atoms with Crippen LogP contribution in [0.4, 0.5) is 0 Å². The van der Waals surface area contributed by atoms with Gasteiger partial charge in [0.05, 0.1) is 17.3 Å². The van der Waals surface area contributed by atoms with E-state index < -0.39 is 5.97 Å². The molecule has 0 radical (unpaired) electrons. The normalized spacial score (nSPS) is 18.8. The zero-order chi connectivity index (χ0) is 14.7. The van der Waals surface area contributed by atoms with Crippen LogP contribution in [0, 0.1) is 0 Å². The fraction of sp³-hybridized carbons (Fsp3) is 0.312. The summed E-state index contributed by atoms with van der Waals surface area (Å²) in [5.74, 6) is -0.889. The molecule has 3 rings (SSSR count). The Bertz CT molecular complexity index is 613. The van der Waals surface area contributed by atoms with Crippen molar-refractivity contribution in [2.75, 3.05) is 6.54 Å². The van der Waals surface area contributed by atoms with Crippen molar-refractivity contribution in [3.63, 3.8) is 0 Å². The summed E-state index contributed by atoms with van der Waals surface area (Å²) in [7, 11) is 0. The average molecular weight is 283 g/mol. The van der Waals surface area contributed by atoms with Gasteiger partial charge in [-0.2, -0.15) is 0 Å². The van der Waals surface area contributed by atoms with E-state index in [4.69, 9.17) is 5.11 Å². The van der Waals surface area contributed by atoms with Gasteiger partial charge in [0.15, 0.2) is 0 Å². The Morgan fingerprint density at radius 1 is 1.29 bits per heavy atom. The first-order valence-corrected chi connectivity index (χ1v) is 7.06. The molecule has 21 heavy (non-hydrogen) atoms. The molecule has 1 atom stereocenters. The number of nitrogens with zero attached hydrogens (tertiary/aromatic N) is 3. The van der Waals surface area contributed by atoms with Crippen LogP contribution in [0.2, 0.25) is 0 Å². The first kappa shape index (κ1) is 13.7. The molecule has 0 bridgehead atoms. The van der Waals surface area contributed by atoms with Gasteiger partial charge in [-0.15, -0.1) is 0 Å². The van der Waals surface area contributed by atoms with E-state index in [-0.39, 0.29) is 0 Å². The Morgan fingerprint density at radius 2 is 2.10 bits per heavy atom. The molecule has 1 fully saturated rings. The predicted octanol–water partition coefficient (Wildman–Crippen LogP) is 2.51. The summed E-state index contributed by atoms with van der Waals surface area (Å²) in [6, 6.07) is 7.39. The van der Waals surface area contributed by atoms with Crippen LogP contribution < -0.4 is 0 Å². The third kappa shape index (κ3) is 3.08. The number of hydrogen-bond donors (Lipinski definition) is 1. The molecule has 5 heteroatoms. The Kier molecular flexibility index (Phi) is 3.92. The van der Waals surface area contributed by atoms with Crippen LogP contribution in [-0.4, -0.2) is 32.5 Å². The van der Waals surface area contributed by atoms with Crippen molar-refractivity contribution in [1.29, 1.82) is 0 Å². The van der Waals surface area contributed by atoms with E-state index in [0.29, 0.717) is 11.6 Å². The van der Waals surface area contributed by atoms with Gasteiger partial charge >= 0.3 is 5.97 Å². The van der Waals surface area contributed by atoms with Crippen LogP contribution in [0.15, 0.2) is 42.9 Å². The number of hydrogen-bond acceptors (Lipinski definition) is 4. The van der Waals surface area contributed by atoms with Crippen molar-refractivity contribution in [2.24, 2.45) is 0 Å². The molecule has 1 N–H and O–H groups in total. The highest BCUT2D eigenvalue weighted by Gasteiger charge is 2.27. The first-order chi connectivity index (χ1) is 10.2. The maximum absolute atomic E-state index is 10.9. The Morgan fingerprint density at radius 3 is 2.76 bits per heavy atom. The van der Waals surface area contributed by atoms with E-state index in [1.165, 1.54) is 0 Å². The van der Waals surface area contributed by atoms with Crippen LogP contribution >= 0.6 is 0 Å². The maximum Gasteiger partial charge on any atom is 0.335 e. The van der Waals surface area contributed by atoms with Crippen molar-refractivity contribution in [3.05, 3.63) is 59.7 Å². The number of rotatable bonds is 4. The largest absolute Gasteiger partial charge is 0.478 e. The van der Waals surface area contributed by atoms with Gasteiger partial charge in [0.1, 0.15) is 0 Å². The summed E-state index contributed by atoms with van der Waals surface area (Å²) in [5.41, 5.74) is 2.46. The lowest BCUT2D eigenvalue weighted by molar-refractivity contribution is 0.0697. The van der Waals surface area contributed by atoms with Gasteiger partial charge in [-0.05, 0) is 37.1 Å². The summed E-state index contributed by atoms with van der Waals surface area (Å²) in [4.78, 5) is 21.8. The Labute approximate surface area is 123 Å². The van der Waals surface area contributed by atoms with Gasteiger partial charge in [0.25, 0.3) is 0 Å². The molecule has 0 amide bonds. The highest BCUT2D eigenvalue weighted by atomic mass is 16.4. The number of carboxylic acids is 1. The van der Waals surface area contributed by atoms with Crippen molar-refractivity contribution >= 4 is 5.97 Å². The second kappa shape index (κ2) is 6.01. The van der Waals surface area contributed by atoms with Crippen LogP contribution in [0.5, 0.6) is 0 Å². The molecular weight excluding hydrogens is 266 g/mol. The highest BCUT2D eigenvalue weighted by molar-refractivity contribution is 5.87. The molecule has 5 nitrogen and oxygen atoms in total. The lowest BCUT2D eigenvalue weighted by Crippen LogP contribution is -2.23. The lowest BCUT2D eigenvalue weighted by Gasteiger charge is -2.23. The number of benzene rings is 1. The van der Waals surface area contributed by atoms with Crippen LogP contribution in [0.1, 0.15) is 40.5 Å². The number of carbonyl (C=O) groups is 1.